The Hall–Kier alpha value is -1.61. The zero-order chi connectivity index (χ0) is 26.3. The largest absolute Gasteiger partial charge is 0.495 e. The predicted molar refractivity (Wildman–Crippen MR) is 146 cm³/mol. The average Bonchev–Trinajstić information content (AvgIpc) is 3.08. The van der Waals surface area contributed by atoms with E-state index in [-0.39, 0.29) is 18.7 Å². The lowest BCUT2D eigenvalue weighted by atomic mass is 10.0. The molecule has 2 heterocycles. The van der Waals surface area contributed by atoms with Crippen molar-refractivity contribution < 1.29 is 33.7 Å². The Morgan fingerprint density at radius 3 is 2.67 bits per heavy atom. The van der Waals surface area contributed by atoms with Gasteiger partial charge in [-0.2, -0.15) is 0 Å². The molecule has 196 valence electrons. The number of carbonyl (C=O) groups excluding carboxylic acids is 2. The number of carbonyl (C=O) groups is 2. The molecule has 2 aliphatic rings. The second kappa shape index (κ2) is 13.3. The molecule has 2 atom stereocenters. The summed E-state index contributed by atoms with van der Waals surface area (Å²) in [6, 6.07) is 3.85. The number of benzene rings is 1. The maximum atomic E-state index is 12.6. The first-order chi connectivity index (χ1) is 17.2. The maximum absolute atomic E-state index is 12.6. The molecule has 0 saturated heterocycles. The number of ether oxygens (including phenoxy) is 3. The zero-order valence-corrected chi connectivity index (χ0v) is 25.3. The van der Waals surface area contributed by atoms with Gasteiger partial charge in [0.05, 0.1) is 33.6 Å². The standard InChI is InChI=1S/C22H23Br4N3O7/c1-33-18-15(25)9-22(35-10-16(18)26)20(31)17(29-36-22)21(32)28-4-2-6-34-19-13(23)7-12(8-14(19)24)3-5-27-11-30/h7-8,10-11,20,31H,2-6,9H2,1H3,(H,27,30)(H,28,32). The van der Waals surface area contributed by atoms with E-state index in [0.29, 0.717) is 52.9 Å². The number of hydrogen-bond acceptors (Lipinski definition) is 8. The Morgan fingerprint density at radius 1 is 1.28 bits per heavy atom. The summed E-state index contributed by atoms with van der Waals surface area (Å²) in [4.78, 5) is 28.4. The number of halogens is 4. The predicted octanol–water partition coefficient (Wildman–Crippen LogP) is 3.74. The van der Waals surface area contributed by atoms with Crippen LogP contribution in [0.5, 0.6) is 5.75 Å². The van der Waals surface area contributed by atoms with Crippen molar-refractivity contribution in [2.75, 3.05) is 26.8 Å². The number of nitrogens with one attached hydrogen (secondary N) is 2. The number of nitrogens with zero attached hydrogens (tertiary/aromatic N) is 1. The quantitative estimate of drug-likeness (QED) is 0.232. The summed E-state index contributed by atoms with van der Waals surface area (Å²) < 4.78 is 19.4. The molecule has 0 radical (unpaired) electrons. The lowest BCUT2D eigenvalue weighted by Gasteiger charge is -2.27. The number of oxime groups is 1. The van der Waals surface area contributed by atoms with E-state index in [1.165, 1.54) is 13.4 Å². The first kappa shape index (κ1) is 29.0. The van der Waals surface area contributed by atoms with E-state index in [1.807, 2.05) is 12.1 Å². The Balaban J connectivity index is 1.48. The first-order valence-corrected chi connectivity index (χ1v) is 13.9. The smallest absolute Gasteiger partial charge is 0.311 e. The van der Waals surface area contributed by atoms with Crippen molar-refractivity contribution in [1.82, 2.24) is 10.6 Å². The van der Waals surface area contributed by atoms with Gasteiger partial charge in [-0.15, -0.1) is 0 Å². The van der Waals surface area contributed by atoms with E-state index in [4.69, 9.17) is 19.0 Å². The molecular formula is C22H23Br4N3O7. The number of methoxy groups -OCH3 is 1. The van der Waals surface area contributed by atoms with Crippen molar-refractivity contribution in [2.24, 2.45) is 5.16 Å². The molecule has 14 heteroatoms. The van der Waals surface area contributed by atoms with Crippen molar-refractivity contribution >= 4 is 81.7 Å². The van der Waals surface area contributed by atoms with Crippen LogP contribution in [0.15, 0.2) is 47.2 Å². The summed E-state index contributed by atoms with van der Waals surface area (Å²) in [5.74, 6) is -1.05. The Kier molecular flexibility index (Phi) is 10.7. The van der Waals surface area contributed by atoms with E-state index < -0.39 is 17.8 Å². The van der Waals surface area contributed by atoms with Crippen LogP contribution < -0.4 is 15.4 Å². The fourth-order valence-corrected chi connectivity index (χ4v) is 6.44. The van der Waals surface area contributed by atoms with E-state index in [0.717, 1.165) is 14.5 Å². The molecule has 1 spiro atoms. The van der Waals surface area contributed by atoms with Gasteiger partial charge in [0.25, 0.3) is 5.91 Å². The molecule has 2 amide bonds. The van der Waals surface area contributed by atoms with Gasteiger partial charge in [-0.05, 0) is 78.3 Å². The Labute approximate surface area is 241 Å². The van der Waals surface area contributed by atoms with Gasteiger partial charge in [0.15, 0.2) is 11.8 Å². The fraction of sp³-hybridized carbons (Fsp3) is 0.409. The van der Waals surface area contributed by atoms with Gasteiger partial charge in [0.2, 0.25) is 6.41 Å². The molecule has 1 aromatic rings. The third-order valence-corrected chi connectivity index (χ3v) is 7.56. The van der Waals surface area contributed by atoms with Crippen molar-refractivity contribution in [1.29, 1.82) is 0 Å². The van der Waals surface area contributed by atoms with E-state index in [1.54, 1.807) is 0 Å². The van der Waals surface area contributed by atoms with E-state index in [2.05, 4.69) is 79.5 Å². The highest BCUT2D eigenvalue weighted by molar-refractivity contribution is 9.12. The molecular weight excluding hydrogens is 738 g/mol. The molecule has 0 fully saturated rings. The van der Waals surface area contributed by atoms with Crippen molar-refractivity contribution in [3.05, 3.63) is 47.6 Å². The van der Waals surface area contributed by atoms with E-state index in [9.17, 15) is 14.7 Å². The van der Waals surface area contributed by atoms with Crippen molar-refractivity contribution in [2.45, 2.75) is 31.2 Å². The highest BCUT2D eigenvalue weighted by atomic mass is 79.9. The molecule has 1 aromatic carbocycles. The first-order valence-electron chi connectivity index (χ1n) is 10.7. The number of aliphatic hydroxyl groups excluding tert-OH is 1. The van der Waals surface area contributed by atoms with Crippen LogP contribution in [0.4, 0.5) is 0 Å². The number of allylic oxidation sites excluding steroid dienone is 1. The van der Waals surface area contributed by atoms with Crippen LogP contribution in [-0.4, -0.2) is 61.8 Å². The number of rotatable bonds is 11. The minimum atomic E-state index is -1.60. The second-order valence-corrected chi connectivity index (χ2v) is 11.2. The average molecular weight is 761 g/mol. The molecule has 2 unspecified atom stereocenters. The highest BCUT2D eigenvalue weighted by Gasteiger charge is 2.54. The van der Waals surface area contributed by atoms with Gasteiger partial charge in [0, 0.05) is 17.6 Å². The molecule has 10 nitrogen and oxygen atoms in total. The van der Waals surface area contributed by atoms with Crippen molar-refractivity contribution in [3.63, 3.8) is 0 Å². The minimum Gasteiger partial charge on any atom is -0.495 e. The van der Waals surface area contributed by atoms with Crippen LogP contribution in [0, 0.1) is 0 Å². The summed E-state index contributed by atoms with van der Waals surface area (Å²) in [5.41, 5.74) is 0.840. The zero-order valence-electron chi connectivity index (χ0n) is 19.0. The summed E-state index contributed by atoms with van der Waals surface area (Å²) in [6.45, 7) is 1.15. The lowest BCUT2D eigenvalue weighted by molar-refractivity contribution is -0.225. The van der Waals surface area contributed by atoms with Gasteiger partial charge < -0.3 is 34.8 Å². The minimum absolute atomic E-state index is 0.0627. The van der Waals surface area contributed by atoms with Crippen molar-refractivity contribution in [3.8, 4) is 5.75 Å². The van der Waals surface area contributed by atoms with Gasteiger partial charge in [0.1, 0.15) is 17.8 Å². The van der Waals surface area contributed by atoms with Crippen LogP contribution in [-0.2, 0) is 30.3 Å². The lowest BCUT2D eigenvalue weighted by Crippen LogP contribution is -2.49. The van der Waals surface area contributed by atoms with Gasteiger partial charge in [-0.1, -0.05) is 21.1 Å². The van der Waals surface area contributed by atoms with Crippen LogP contribution in [0.1, 0.15) is 18.4 Å². The Bertz CT molecular complexity index is 1070. The summed E-state index contributed by atoms with van der Waals surface area (Å²) in [5, 5.41) is 19.9. The molecule has 3 rings (SSSR count). The van der Waals surface area contributed by atoms with Crippen LogP contribution in [0.2, 0.25) is 0 Å². The summed E-state index contributed by atoms with van der Waals surface area (Å²) in [7, 11) is 1.50. The van der Waals surface area contributed by atoms with Gasteiger partial charge >= 0.3 is 5.79 Å². The maximum Gasteiger partial charge on any atom is 0.311 e. The molecule has 0 saturated carbocycles. The number of aliphatic hydroxyl groups is 1. The van der Waals surface area contributed by atoms with Gasteiger partial charge in [-0.25, -0.2) is 0 Å². The normalized spacial score (nSPS) is 21.1. The van der Waals surface area contributed by atoms with Crippen LogP contribution in [0.3, 0.4) is 0 Å². The molecule has 2 aliphatic heterocycles. The SMILES string of the molecule is COC1=C(Br)CC2(OC=C1Br)ON=C(C(=O)NCCCOc1c(Br)cc(CCNC=O)cc1Br)C2O. The number of hydrogen-bond donors (Lipinski definition) is 3. The fourth-order valence-electron chi connectivity index (χ4n) is 3.41. The highest BCUT2D eigenvalue weighted by Crippen LogP contribution is 2.41. The molecule has 0 aromatic heterocycles. The summed E-state index contributed by atoms with van der Waals surface area (Å²) in [6.07, 6.45) is 1.81. The molecule has 36 heavy (non-hydrogen) atoms. The van der Waals surface area contributed by atoms with Crippen LogP contribution in [0.25, 0.3) is 0 Å². The van der Waals surface area contributed by atoms with Gasteiger partial charge in [-0.3, -0.25) is 9.59 Å². The monoisotopic (exact) mass is 757 g/mol. The van der Waals surface area contributed by atoms with E-state index >= 15 is 0 Å². The third-order valence-electron chi connectivity index (χ3n) is 5.19. The Morgan fingerprint density at radius 2 is 2.00 bits per heavy atom. The topological polar surface area (TPSA) is 128 Å². The number of amides is 2. The molecule has 0 aliphatic carbocycles. The second-order valence-electron chi connectivity index (χ2n) is 7.65. The molecule has 3 N–H and O–H groups in total. The summed E-state index contributed by atoms with van der Waals surface area (Å²) >= 11 is 13.7. The molecule has 0 bridgehead atoms. The van der Waals surface area contributed by atoms with Crippen LogP contribution >= 0.6 is 63.7 Å². The third kappa shape index (κ3) is 6.82.